The molecule has 0 amide bonds. The summed E-state index contributed by atoms with van der Waals surface area (Å²) in [6.45, 7) is 5.72. The largest absolute Gasteiger partial charge is 0.376 e. The van der Waals surface area contributed by atoms with Gasteiger partial charge in [-0.25, -0.2) is 0 Å². The summed E-state index contributed by atoms with van der Waals surface area (Å²) in [4.78, 5) is 3.08. The molecule has 5 nitrogen and oxygen atoms in total. The van der Waals surface area contributed by atoms with Crippen LogP contribution in [0.2, 0.25) is 0 Å². The minimum absolute atomic E-state index is 0.292. The molecule has 2 atom stereocenters. The lowest BCUT2D eigenvalue weighted by atomic mass is 10.0. The molecule has 0 heterocycles. The highest BCUT2D eigenvalue weighted by Crippen LogP contribution is 2.15. The number of benzene rings is 2. The number of nitrogens with zero attached hydrogens (tertiary/aromatic N) is 3. The number of allylic oxidation sites excluding steroid dienone is 3. The van der Waals surface area contributed by atoms with Crippen molar-refractivity contribution in [1.29, 1.82) is 0 Å². The first kappa shape index (κ1) is 31.4. The van der Waals surface area contributed by atoms with Gasteiger partial charge in [0.2, 0.25) is 0 Å². The van der Waals surface area contributed by atoms with E-state index in [9.17, 15) is 5.53 Å². The maximum absolute atomic E-state index is 9.22. The lowest BCUT2D eigenvalue weighted by Gasteiger charge is -2.21. The van der Waals surface area contributed by atoms with Crippen LogP contribution < -0.4 is 0 Å². The fraction of sp³-hybridized carbons (Fsp3) is 0.515. The van der Waals surface area contributed by atoms with E-state index in [0.717, 1.165) is 24.0 Å². The average Bonchev–Trinajstić information content (AvgIpc) is 2.95. The van der Waals surface area contributed by atoms with Crippen LogP contribution >= 0.6 is 0 Å². The zero-order chi connectivity index (χ0) is 27.1. The van der Waals surface area contributed by atoms with Crippen molar-refractivity contribution in [3.8, 4) is 0 Å². The molecule has 0 aliphatic heterocycles. The molecule has 2 rings (SSSR count). The van der Waals surface area contributed by atoms with Crippen LogP contribution in [0.25, 0.3) is 10.4 Å². The molecule has 0 aromatic heterocycles. The second-order valence-corrected chi connectivity index (χ2v) is 9.96. The summed E-state index contributed by atoms with van der Waals surface area (Å²) < 4.78 is 12.1. The Balaban J connectivity index is 1.85. The van der Waals surface area contributed by atoms with Crippen LogP contribution in [0.1, 0.15) is 89.2 Å². The lowest BCUT2D eigenvalue weighted by Crippen LogP contribution is -2.30. The van der Waals surface area contributed by atoms with Gasteiger partial charge in [0.25, 0.3) is 0 Å². The van der Waals surface area contributed by atoms with E-state index in [1.54, 1.807) is 0 Å². The molecular weight excluding hydrogens is 470 g/mol. The summed E-state index contributed by atoms with van der Waals surface area (Å²) in [5.41, 5.74) is 12.9. The van der Waals surface area contributed by atoms with Gasteiger partial charge >= 0.3 is 0 Å². The van der Waals surface area contributed by atoms with Gasteiger partial charge in [0.1, 0.15) is 0 Å². The fourth-order valence-electron chi connectivity index (χ4n) is 4.31. The van der Waals surface area contributed by atoms with E-state index in [2.05, 4.69) is 36.0 Å². The van der Waals surface area contributed by atoms with Crippen molar-refractivity contribution >= 4 is 0 Å². The third kappa shape index (κ3) is 14.8. The van der Waals surface area contributed by atoms with Gasteiger partial charge in [0, 0.05) is 4.91 Å². The highest BCUT2D eigenvalue weighted by atomic mass is 16.5. The van der Waals surface area contributed by atoms with E-state index in [-0.39, 0.29) is 6.10 Å². The Morgan fingerprint density at radius 3 is 2.16 bits per heavy atom. The molecule has 2 aromatic carbocycles. The molecule has 0 saturated carbocycles. The molecule has 0 fully saturated rings. The van der Waals surface area contributed by atoms with E-state index < -0.39 is 6.04 Å². The van der Waals surface area contributed by atoms with Crippen LogP contribution in [0, 0.1) is 0 Å². The van der Waals surface area contributed by atoms with Crippen molar-refractivity contribution in [3.63, 3.8) is 0 Å². The quantitative estimate of drug-likeness (QED) is 0.0543. The molecule has 0 saturated heterocycles. The molecule has 0 aliphatic rings. The van der Waals surface area contributed by atoms with Crippen molar-refractivity contribution in [2.24, 2.45) is 5.11 Å². The number of ether oxygens (including phenoxy) is 2. The molecule has 5 heteroatoms. The average molecular weight is 518 g/mol. The van der Waals surface area contributed by atoms with Gasteiger partial charge in [0.05, 0.1) is 32.0 Å². The molecule has 206 valence electrons. The molecule has 38 heavy (non-hydrogen) atoms. The Labute approximate surface area is 230 Å². The summed E-state index contributed by atoms with van der Waals surface area (Å²) >= 11 is 0. The Kier molecular flexibility index (Phi) is 17.4. The number of hydrogen-bond donors (Lipinski definition) is 0. The van der Waals surface area contributed by atoms with E-state index in [1.165, 1.54) is 56.9 Å². The van der Waals surface area contributed by atoms with Crippen molar-refractivity contribution in [2.75, 3.05) is 6.61 Å². The van der Waals surface area contributed by atoms with E-state index in [4.69, 9.17) is 9.47 Å². The van der Waals surface area contributed by atoms with Crippen LogP contribution in [-0.2, 0) is 22.7 Å². The maximum Gasteiger partial charge on any atom is 0.0906 e. The molecule has 0 spiro atoms. The van der Waals surface area contributed by atoms with Crippen molar-refractivity contribution in [2.45, 2.75) is 103 Å². The summed E-state index contributed by atoms with van der Waals surface area (Å²) in [6, 6.07) is 19.6. The molecule has 0 bridgehead atoms. The fourth-order valence-corrected chi connectivity index (χ4v) is 4.31. The minimum Gasteiger partial charge on any atom is -0.376 e. The van der Waals surface area contributed by atoms with Gasteiger partial charge in [0.15, 0.2) is 0 Å². The number of hydrogen-bond acceptors (Lipinski definition) is 3. The van der Waals surface area contributed by atoms with E-state index >= 15 is 0 Å². The van der Waals surface area contributed by atoms with Gasteiger partial charge in [-0.3, -0.25) is 0 Å². The topological polar surface area (TPSA) is 67.2 Å². The molecule has 0 aliphatic carbocycles. The smallest absolute Gasteiger partial charge is 0.0906 e. The highest BCUT2D eigenvalue weighted by Gasteiger charge is 2.19. The van der Waals surface area contributed by atoms with Crippen LogP contribution in [0.5, 0.6) is 0 Å². The van der Waals surface area contributed by atoms with Crippen LogP contribution in [0.4, 0.5) is 0 Å². The number of unbranched alkanes of at least 4 members (excludes halogenated alkanes) is 7. The summed E-state index contributed by atoms with van der Waals surface area (Å²) in [6.07, 6.45) is 18.7. The predicted octanol–water partition coefficient (Wildman–Crippen LogP) is 9.89. The predicted molar refractivity (Wildman–Crippen MR) is 159 cm³/mol. The monoisotopic (exact) mass is 517 g/mol. The van der Waals surface area contributed by atoms with Gasteiger partial charge in [-0.15, -0.1) is 0 Å². The van der Waals surface area contributed by atoms with E-state index in [1.807, 2.05) is 66.7 Å². The second kappa shape index (κ2) is 21.1. The Bertz CT molecular complexity index is 953. The molecular formula is C33H47N3O2. The van der Waals surface area contributed by atoms with Crippen molar-refractivity contribution in [1.82, 2.24) is 0 Å². The second-order valence-electron chi connectivity index (χ2n) is 9.96. The minimum atomic E-state index is -0.446. The zero-order valence-electron chi connectivity index (χ0n) is 23.5. The Morgan fingerprint density at radius 2 is 1.50 bits per heavy atom. The third-order valence-electron chi connectivity index (χ3n) is 6.59. The van der Waals surface area contributed by atoms with E-state index in [0.29, 0.717) is 19.8 Å². The summed E-state index contributed by atoms with van der Waals surface area (Å²) in [5.74, 6) is 0. The molecule has 2 aromatic rings. The van der Waals surface area contributed by atoms with Gasteiger partial charge in [-0.05, 0) is 49.3 Å². The molecule has 0 radical (unpaired) electrons. The first-order valence-electron chi connectivity index (χ1n) is 14.4. The van der Waals surface area contributed by atoms with Crippen LogP contribution in [0.3, 0.4) is 0 Å². The lowest BCUT2D eigenvalue weighted by molar-refractivity contribution is 0.0186. The first-order chi connectivity index (χ1) is 18.7. The van der Waals surface area contributed by atoms with Crippen molar-refractivity contribution < 1.29 is 9.47 Å². The van der Waals surface area contributed by atoms with Crippen molar-refractivity contribution in [3.05, 3.63) is 106 Å². The maximum atomic E-state index is 9.22. The van der Waals surface area contributed by atoms with Gasteiger partial charge in [-0.2, -0.15) is 0 Å². The Hall–Kier alpha value is -2.85. The summed E-state index contributed by atoms with van der Waals surface area (Å²) in [5, 5.41) is 4.03. The summed E-state index contributed by atoms with van der Waals surface area (Å²) in [7, 11) is 0. The van der Waals surface area contributed by atoms with Crippen LogP contribution in [0.15, 0.2) is 89.6 Å². The number of azide groups is 1. The third-order valence-corrected chi connectivity index (χ3v) is 6.59. The van der Waals surface area contributed by atoms with Gasteiger partial charge in [-0.1, -0.05) is 135 Å². The first-order valence-corrected chi connectivity index (χ1v) is 14.4. The van der Waals surface area contributed by atoms with Gasteiger partial charge < -0.3 is 9.47 Å². The molecule has 0 unspecified atom stereocenters. The SMILES string of the molecule is CCCCCCCCC/C(C)=C/CC/C=C/[C@@H](OCc1ccccc1)[C@H](COCc1ccccc1)N=[N+]=[N-]. The van der Waals surface area contributed by atoms with Crippen LogP contribution in [-0.4, -0.2) is 18.8 Å². The highest BCUT2D eigenvalue weighted by molar-refractivity contribution is 5.14. The number of rotatable bonds is 21. The normalized spacial score (nSPS) is 13.4. The zero-order valence-corrected chi connectivity index (χ0v) is 23.5. The Morgan fingerprint density at radius 1 is 0.868 bits per heavy atom. The molecule has 0 N–H and O–H groups in total. The standard InChI is InChI=1S/C33H47N3O2/c1-3-4-5-6-7-8-12-19-29(2)20-13-9-18-25-33(38-27-31-23-16-11-17-24-31)32(35-36-34)28-37-26-30-21-14-10-15-22-30/h10-11,14-18,20-25,32-33H,3-9,12-13,19,26-28H2,1-2H3/b25-18+,29-20+/t32-,33+/m0/s1.